The highest BCUT2D eigenvalue weighted by atomic mass is 16.5. The second-order valence-corrected chi connectivity index (χ2v) is 5.51. The quantitative estimate of drug-likeness (QED) is 0.873. The van der Waals surface area contributed by atoms with Crippen LogP contribution in [0.15, 0.2) is 48.5 Å². The first-order valence-corrected chi connectivity index (χ1v) is 7.39. The molecule has 1 unspecified atom stereocenters. The van der Waals surface area contributed by atoms with Crippen LogP contribution >= 0.6 is 0 Å². The van der Waals surface area contributed by atoms with Gasteiger partial charge in [-0.3, -0.25) is 4.79 Å². The van der Waals surface area contributed by atoms with Gasteiger partial charge in [0, 0.05) is 0 Å². The Morgan fingerprint density at radius 1 is 1.27 bits per heavy atom. The largest absolute Gasteiger partial charge is 0.487 e. The van der Waals surface area contributed by atoms with Gasteiger partial charge in [-0.25, -0.2) is 0 Å². The summed E-state index contributed by atoms with van der Waals surface area (Å²) in [6.45, 7) is 4.50. The summed E-state index contributed by atoms with van der Waals surface area (Å²) in [5.41, 5.74) is 1.91. The van der Waals surface area contributed by atoms with Crippen molar-refractivity contribution in [2.45, 2.75) is 20.0 Å². The normalized spacial score (nSPS) is 16.6. The summed E-state index contributed by atoms with van der Waals surface area (Å²) < 4.78 is 11.4. The van der Waals surface area contributed by atoms with Gasteiger partial charge in [0.05, 0.1) is 12.2 Å². The van der Waals surface area contributed by atoms with E-state index in [4.69, 9.17) is 9.47 Å². The van der Waals surface area contributed by atoms with Crippen LogP contribution in [0.5, 0.6) is 11.5 Å². The molecule has 0 saturated carbocycles. The van der Waals surface area contributed by atoms with Crippen LogP contribution in [0.3, 0.4) is 0 Å². The number of hydrogen-bond acceptors (Lipinski definition) is 3. The van der Waals surface area contributed by atoms with E-state index in [-0.39, 0.29) is 18.6 Å². The number of benzene rings is 2. The van der Waals surface area contributed by atoms with Gasteiger partial charge >= 0.3 is 0 Å². The molecule has 4 heteroatoms. The lowest BCUT2D eigenvalue weighted by molar-refractivity contribution is -0.121. The van der Waals surface area contributed by atoms with Gasteiger partial charge in [0.25, 0.3) is 5.91 Å². The molecule has 0 fully saturated rings. The van der Waals surface area contributed by atoms with Gasteiger partial charge < -0.3 is 14.4 Å². The molecule has 1 atom stereocenters. The van der Waals surface area contributed by atoms with Gasteiger partial charge in [-0.1, -0.05) is 24.3 Å². The van der Waals surface area contributed by atoms with E-state index in [9.17, 15) is 4.79 Å². The number of amides is 1. The molecule has 4 nitrogen and oxygen atoms in total. The van der Waals surface area contributed by atoms with Crippen molar-refractivity contribution in [1.29, 1.82) is 0 Å². The maximum Gasteiger partial charge on any atom is 0.265 e. The topological polar surface area (TPSA) is 38.8 Å². The molecular formula is C18H19NO3. The predicted molar refractivity (Wildman–Crippen MR) is 85.6 cm³/mol. The molecule has 3 rings (SSSR count). The molecule has 0 bridgehead atoms. The second-order valence-electron chi connectivity index (χ2n) is 5.51. The molecule has 0 radical (unpaired) electrons. The summed E-state index contributed by atoms with van der Waals surface area (Å²) in [6.07, 6.45) is -0.0298. The zero-order valence-corrected chi connectivity index (χ0v) is 12.8. The van der Waals surface area contributed by atoms with Crippen molar-refractivity contribution in [2.24, 2.45) is 0 Å². The van der Waals surface area contributed by atoms with E-state index in [1.165, 1.54) is 0 Å². The van der Waals surface area contributed by atoms with Gasteiger partial charge in [-0.15, -0.1) is 0 Å². The van der Waals surface area contributed by atoms with Gasteiger partial charge in [-0.05, 0) is 43.7 Å². The van der Waals surface area contributed by atoms with Crippen molar-refractivity contribution in [3.63, 3.8) is 0 Å². The van der Waals surface area contributed by atoms with Crippen molar-refractivity contribution in [2.75, 3.05) is 18.1 Å². The minimum absolute atomic E-state index is 0.0184. The Hall–Kier alpha value is -2.49. The Balaban J connectivity index is 1.72. The number of rotatable bonds is 3. The maximum absolute atomic E-state index is 12.5. The molecule has 0 aromatic heterocycles. The molecule has 1 amide bonds. The number of aryl methyl sites for hydroxylation is 1. The number of hydrogen-bond donors (Lipinski definition) is 0. The van der Waals surface area contributed by atoms with E-state index in [1.54, 1.807) is 4.90 Å². The minimum atomic E-state index is -0.0656. The molecular weight excluding hydrogens is 278 g/mol. The molecule has 1 aliphatic heterocycles. The zero-order valence-electron chi connectivity index (χ0n) is 12.8. The average molecular weight is 297 g/mol. The average Bonchev–Trinajstić information content (AvgIpc) is 2.52. The van der Waals surface area contributed by atoms with Crippen molar-refractivity contribution in [3.8, 4) is 11.5 Å². The van der Waals surface area contributed by atoms with E-state index in [0.717, 1.165) is 17.0 Å². The third-order valence-electron chi connectivity index (χ3n) is 3.58. The van der Waals surface area contributed by atoms with Crippen LogP contribution in [-0.4, -0.2) is 25.2 Å². The highest BCUT2D eigenvalue weighted by Crippen LogP contribution is 2.33. The fraction of sp³-hybridized carbons (Fsp3) is 0.278. The Morgan fingerprint density at radius 2 is 2.09 bits per heavy atom. The number of para-hydroxylation sites is 2. The van der Waals surface area contributed by atoms with Crippen molar-refractivity contribution < 1.29 is 14.3 Å². The third kappa shape index (κ3) is 3.06. The third-order valence-corrected chi connectivity index (χ3v) is 3.58. The highest BCUT2D eigenvalue weighted by molar-refractivity contribution is 5.96. The van der Waals surface area contributed by atoms with Crippen LogP contribution in [0.1, 0.15) is 12.5 Å². The summed E-state index contributed by atoms with van der Waals surface area (Å²) in [7, 11) is 0. The van der Waals surface area contributed by atoms with Crippen molar-refractivity contribution >= 4 is 11.6 Å². The van der Waals surface area contributed by atoms with Gasteiger partial charge in [-0.2, -0.15) is 0 Å². The highest BCUT2D eigenvalue weighted by Gasteiger charge is 2.27. The van der Waals surface area contributed by atoms with Crippen LogP contribution in [0, 0.1) is 6.92 Å². The number of nitrogens with zero attached hydrogens (tertiary/aromatic N) is 1. The first kappa shape index (κ1) is 14.4. The number of ether oxygens (including phenoxy) is 2. The number of anilines is 1. The summed E-state index contributed by atoms with van der Waals surface area (Å²) in [6, 6.07) is 15.3. The molecule has 1 heterocycles. The molecule has 1 aliphatic rings. The molecule has 114 valence electrons. The van der Waals surface area contributed by atoms with Crippen LogP contribution in [0.25, 0.3) is 0 Å². The predicted octanol–water partition coefficient (Wildman–Crippen LogP) is 3.19. The molecule has 0 saturated heterocycles. The SMILES string of the molecule is Cc1cccc(OCC(=O)N2CC(C)Oc3ccccc32)c1. The lowest BCUT2D eigenvalue weighted by Gasteiger charge is -2.33. The summed E-state index contributed by atoms with van der Waals surface area (Å²) >= 11 is 0. The second kappa shape index (κ2) is 6.10. The van der Waals surface area contributed by atoms with E-state index in [2.05, 4.69) is 0 Å². The van der Waals surface area contributed by atoms with Crippen LogP contribution in [-0.2, 0) is 4.79 Å². The minimum Gasteiger partial charge on any atom is -0.487 e. The number of carbonyl (C=O) groups is 1. The molecule has 0 spiro atoms. The fourth-order valence-electron chi connectivity index (χ4n) is 2.55. The molecule has 2 aromatic rings. The Morgan fingerprint density at radius 3 is 2.91 bits per heavy atom. The molecule has 22 heavy (non-hydrogen) atoms. The Bertz CT molecular complexity index is 684. The molecule has 0 aliphatic carbocycles. The number of fused-ring (bicyclic) bond motifs is 1. The van der Waals surface area contributed by atoms with Gasteiger partial charge in [0.15, 0.2) is 6.61 Å². The summed E-state index contributed by atoms with van der Waals surface area (Å²) in [5.74, 6) is 1.39. The Kier molecular flexibility index (Phi) is 4.00. The lowest BCUT2D eigenvalue weighted by atomic mass is 10.2. The summed E-state index contributed by atoms with van der Waals surface area (Å²) in [4.78, 5) is 14.2. The smallest absolute Gasteiger partial charge is 0.265 e. The van der Waals surface area contributed by atoms with Gasteiger partial charge in [0.2, 0.25) is 0 Å². The van der Waals surface area contributed by atoms with E-state index >= 15 is 0 Å². The molecule has 0 N–H and O–H groups in total. The monoisotopic (exact) mass is 297 g/mol. The first-order chi connectivity index (χ1) is 10.6. The fourth-order valence-corrected chi connectivity index (χ4v) is 2.55. The number of carbonyl (C=O) groups excluding carboxylic acids is 1. The summed E-state index contributed by atoms with van der Waals surface area (Å²) in [5, 5.41) is 0. The van der Waals surface area contributed by atoms with E-state index < -0.39 is 0 Å². The van der Waals surface area contributed by atoms with Crippen LogP contribution in [0.2, 0.25) is 0 Å². The van der Waals surface area contributed by atoms with Crippen molar-refractivity contribution in [3.05, 3.63) is 54.1 Å². The zero-order chi connectivity index (χ0) is 15.5. The van der Waals surface area contributed by atoms with E-state index in [1.807, 2.05) is 62.4 Å². The molecule has 2 aromatic carbocycles. The van der Waals surface area contributed by atoms with Crippen LogP contribution in [0.4, 0.5) is 5.69 Å². The standard InChI is InChI=1S/C18H19NO3/c1-13-6-5-7-15(10-13)21-12-18(20)19-11-14(2)22-17-9-4-3-8-16(17)19/h3-10,14H,11-12H2,1-2H3. The lowest BCUT2D eigenvalue weighted by Crippen LogP contribution is -2.44. The maximum atomic E-state index is 12.5. The first-order valence-electron chi connectivity index (χ1n) is 7.39. The van der Waals surface area contributed by atoms with Crippen LogP contribution < -0.4 is 14.4 Å². The Labute approximate surface area is 130 Å². The van der Waals surface area contributed by atoms with Crippen molar-refractivity contribution in [1.82, 2.24) is 0 Å². The van der Waals surface area contributed by atoms with E-state index in [0.29, 0.717) is 12.3 Å². The van der Waals surface area contributed by atoms with Gasteiger partial charge in [0.1, 0.15) is 17.6 Å².